The number of ether oxygens (including phenoxy) is 1. The minimum Gasteiger partial charge on any atom is -0.488 e. The summed E-state index contributed by atoms with van der Waals surface area (Å²) in [5, 5.41) is 4.90. The van der Waals surface area contributed by atoms with Crippen LogP contribution in [0.15, 0.2) is 66.3 Å². The number of hydrogen-bond donors (Lipinski definition) is 1. The Labute approximate surface area is 156 Å². The van der Waals surface area contributed by atoms with E-state index in [1.807, 2.05) is 54.1 Å². The van der Waals surface area contributed by atoms with E-state index in [1.54, 1.807) is 23.6 Å². The predicted octanol–water partition coefficient (Wildman–Crippen LogP) is 3.94. The number of benzene rings is 1. The third kappa shape index (κ3) is 3.83. The van der Waals surface area contributed by atoms with Crippen LogP contribution >= 0.6 is 11.3 Å². The van der Waals surface area contributed by atoms with Crippen LogP contribution < -0.4 is 10.1 Å². The van der Waals surface area contributed by atoms with E-state index in [9.17, 15) is 4.79 Å². The minimum atomic E-state index is -0.103. The summed E-state index contributed by atoms with van der Waals surface area (Å²) in [6.07, 6.45) is 7.77. The first-order valence-electron chi connectivity index (χ1n) is 8.47. The van der Waals surface area contributed by atoms with E-state index in [2.05, 4.69) is 16.4 Å². The van der Waals surface area contributed by atoms with Crippen LogP contribution in [0, 0.1) is 0 Å². The number of pyridine rings is 1. The van der Waals surface area contributed by atoms with Gasteiger partial charge in [0.1, 0.15) is 11.9 Å². The van der Waals surface area contributed by atoms with Crippen molar-refractivity contribution in [2.75, 3.05) is 6.54 Å². The topological polar surface area (TPSA) is 51.2 Å². The lowest BCUT2D eigenvalue weighted by molar-refractivity contribution is -0.116. The molecule has 3 aromatic rings. The van der Waals surface area contributed by atoms with Gasteiger partial charge in [-0.1, -0.05) is 18.2 Å². The van der Waals surface area contributed by atoms with Gasteiger partial charge in [0.2, 0.25) is 5.91 Å². The molecule has 26 heavy (non-hydrogen) atoms. The molecule has 0 unspecified atom stereocenters. The van der Waals surface area contributed by atoms with Crippen LogP contribution in [0.25, 0.3) is 17.2 Å². The lowest BCUT2D eigenvalue weighted by Gasteiger charge is -2.10. The van der Waals surface area contributed by atoms with E-state index in [0.717, 1.165) is 28.2 Å². The molecule has 0 fully saturated rings. The van der Waals surface area contributed by atoms with E-state index in [4.69, 9.17) is 4.74 Å². The Morgan fingerprint density at radius 1 is 1.27 bits per heavy atom. The van der Waals surface area contributed by atoms with Crippen molar-refractivity contribution in [1.82, 2.24) is 10.3 Å². The summed E-state index contributed by atoms with van der Waals surface area (Å²) < 4.78 is 5.95. The van der Waals surface area contributed by atoms with Crippen LogP contribution in [0.1, 0.15) is 10.4 Å². The van der Waals surface area contributed by atoms with Crippen LogP contribution in [-0.2, 0) is 11.2 Å². The van der Waals surface area contributed by atoms with Gasteiger partial charge < -0.3 is 10.1 Å². The zero-order valence-electron chi connectivity index (χ0n) is 14.1. The molecule has 1 N–H and O–H groups in total. The van der Waals surface area contributed by atoms with Gasteiger partial charge in [-0.2, -0.15) is 0 Å². The van der Waals surface area contributed by atoms with Crippen LogP contribution in [0.2, 0.25) is 0 Å². The molecule has 1 aliphatic rings. The molecule has 0 aliphatic carbocycles. The summed E-state index contributed by atoms with van der Waals surface area (Å²) in [4.78, 5) is 17.2. The quantitative estimate of drug-likeness (QED) is 0.700. The average molecular weight is 362 g/mol. The maximum Gasteiger partial charge on any atom is 0.244 e. The molecule has 1 aromatic carbocycles. The molecule has 1 amide bonds. The number of carbonyl (C=O) groups is 1. The molecule has 0 radical (unpaired) electrons. The second-order valence-electron chi connectivity index (χ2n) is 6.10. The third-order valence-corrected chi connectivity index (χ3v) is 5.08. The Morgan fingerprint density at radius 2 is 2.23 bits per heavy atom. The van der Waals surface area contributed by atoms with E-state index in [0.29, 0.717) is 6.54 Å². The Hall–Kier alpha value is -2.92. The fourth-order valence-electron chi connectivity index (χ4n) is 2.96. The molecular weight excluding hydrogens is 344 g/mol. The van der Waals surface area contributed by atoms with Gasteiger partial charge in [0, 0.05) is 35.3 Å². The second kappa shape index (κ2) is 7.54. The fourth-order valence-corrected chi connectivity index (χ4v) is 3.58. The molecule has 1 aliphatic heterocycles. The molecule has 0 bridgehead atoms. The van der Waals surface area contributed by atoms with Crippen LogP contribution in [-0.4, -0.2) is 23.5 Å². The highest BCUT2D eigenvalue weighted by atomic mass is 32.1. The van der Waals surface area contributed by atoms with Crippen LogP contribution in [0.5, 0.6) is 5.75 Å². The number of aromatic nitrogens is 1. The maximum atomic E-state index is 12.0. The number of hydrogen-bond acceptors (Lipinski definition) is 4. The largest absolute Gasteiger partial charge is 0.488 e. The van der Waals surface area contributed by atoms with Gasteiger partial charge in [-0.05, 0) is 46.8 Å². The smallest absolute Gasteiger partial charge is 0.244 e. The van der Waals surface area contributed by atoms with E-state index >= 15 is 0 Å². The summed E-state index contributed by atoms with van der Waals surface area (Å²) >= 11 is 1.60. The van der Waals surface area contributed by atoms with Crippen LogP contribution in [0.4, 0.5) is 0 Å². The standard InChI is InChI=1S/C21H18N2O2S/c24-21(8-6-19-4-2-10-26-19)23-14-18-12-17-11-15(5-7-20(17)25-18)16-3-1-9-22-13-16/h1-11,13,18H,12,14H2,(H,23,24)/b8-6+/t18-/m0/s1. The lowest BCUT2D eigenvalue weighted by Crippen LogP contribution is -2.33. The Bertz CT molecular complexity index is 920. The number of fused-ring (bicyclic) bond motifs is 1. The van der Waals surface area contributed by atoms with Crippen molar-refractivity contribution >= 4 is 23.3 Å². The van der Waals surface area contributed by atoms with Gasteiger partial charge >= 0.3 is 0 Å². The predicted molar refractivity (Wildman–Crippen MR) is 104 cm³/mol. The number of thiophene rings is 1. The number of nitrogens with zero attached hydrogens (tertiary/aromatic N) is 1. The first-order valence-corrected chi connectivity index (χ1v) is 9.35. The van der Waals surface area contributed by atoms with Crippen molar-refractivity contribution < 1.29 is 9.53 Å². The monoisotopic (exact) mass is 362 g/mol. The fraction of sp³-hybridized carbons (Fsp3) is 0.143. The maximum absolute atomic E-state index is 12.0. The molecule has 2 aromatic heterocycles. The minimum absolute atomic E-state index is 0.0340. The van der Waals surface area contributed by atoms with Crippen molar-refractivity contribution in [3.8, 4) is 16.9 Å². The zero-order chi connectivity index (χ0) is 17.8. The molecule has 5 heteroatoms. The first-order chi connectivity index (χ1) is 12.8. The van der Waals surface area contributed by atoms with Crippen molar-refractivity contribution in [2.45, 2.75) is 12.5 Å². The molecule has 1 atom stereocenters. The first kappa shape index (κ1) is 16.5. The van der Waals surface area contributed by atoms with Crippen molar-refractivity contribution in [1.29, 1.82) is 0 Å². The number of carbonyl (C=O) groups excluding carboxylic acids is 1. The van der Waals surface area contributed by atoms with Crippen molar-refractivity contribution in [2.24, 2.45) is 0 Å². The molecule has 0 saturated carbocycles. The van der Waals surface area contributed by atoms with E-state index in [-0.39, 0.29) is 12.0 Å². The summed E-state index contributed by atoms with van der Waals surface area (Å²) in [6, 6.07) is 14.1. The molecular formula is C21H18N2O2S. The molecule has 3 heterocycles. The van der Waals surface area contributed by atoms with Gasteiger partial charge in [0.05, 0.1) is 6.54 Å². The number of amides is 1. The van der Waals surface area contributed by atoms with Gasteiger partial charge in [-0.25, -0.2) is 0 Å². The van der Waals surface area contributed by atoms with Gasteiger partial charge in [0.25, 0.3) is 0 Å². The highest BCUT2D eigenvalue weighted by Crippen LogP contribution is 2.32. The van der Waals surface area contributed by atoms with Crippen molar-refractivity contribution in [3.63, 3.8) is 0 Å². The summed E-state index contributed by atoms with van der Waals surface area (Å²) in [6.45, 7) is 0.491. The molecule has 4 rings (SSSR count). The Kier molecular flexibility index (Phi) is 4.80. The Morgan fingerprint density at radius 3 is 3.04 bits per heavy atom. The van der Waals surface area contributed by atoms with Crippen LogP contribution in [0.3, 0.4) is 0 Å². The molecule has 0 spiro atoms. The van der Waals surface area contributed by atoms with E-state index in [1.165, 1.54) is 5.56 Å². The summed E-state index contributed by atoms with van der Waals surface area (Å²) in [7, 11) is 0. The summed E-state index contributed by atoms with van der Waals surface area (Å²) in [5.41, 5.74) is 3.38. The third-order valence-electron chi connectivity index (χ3n) is 4.24. The van der Waals surface area contributed by atoms with Gasteiger partial charge in [-0.15, -0.1) is 11.3 Å². The SMILES string of the molecule is O=C(/C=C/c1cccs1)NC[C@@H]1Cc2cc(-c3cccnc3)ccc2O1. The average Bonchev–Trinajstić information content (AvgIpc) is 3.34. The van der Waals surface area contributed by atoms with E-state index < -0.39 is 0 Å². The number of rotatable bonds is 5. The summed E-state index contributed by atoms with van der Waals surface area (Å²) in [5.74, 6) is 0.792. The van der Waals surface area contributed by atoms with Gasteiger partial charge in [-0.3, -0.25) is 9.78 Å². The number of nitrogens with one attached hydrogen (secondary N) is 1. The molecule has 0 saturated heterocycles. The zero-order valence-corrected chi connectivity index (χ0v) is 14.9. The normalized spacial score (nSPS) is 15.6. The highest BCUT2D eigenvalue weighted by Gasteiger charge is 2.23. The molecule has 130 valence electrons. The Balaban J connectivity index is 1.34. The van der Waals surface area contributed by atoms with Gasteiger partial charge in [0.15, 0.2) is 0 Å². The highest BCUT2D eigenvalue weighted by molar-refractivity contribution is 7.10. The second-order valence-corrected chi connectivity index (χ2v) is 7.08. The van der Waals surface area contributed by atoms with Crippen molar-refractivity contribution in [3.05, 3.63) is 76.8 Å². The molecule has 4 nitrogen and oxygen atoms in total. The lowest BCUT2D eigenvalue weighted by atomic mass is 10.0.